The Balaban J connectivity index is 0.000000151. The fraction of sp³-hybridized carbons (Fsp3) is 0.481. The minimum atomic E-state index is -0.103. The molecule has 8 heterocycles. The molecule has 4 atom stereocenters. The van der Waals surface area contributed by atoms with Gasteiger partial charge < -0.3 is 49.3 Å². The Bertz CT molecular complexity index is 2840. The summed E-state index contributed by atoms with van der Waals surface area (Å²) in [5.74, 6) is 2.26. The highest BCUT2D eigenvalue weighted by Gasteiger charge is 2.33. The van der Waals surface area contributed by atoms with E-state index in [2.05, 4.69) is 84.3 Å². The predicted molar refractivity (Wildman–Crippen MR) is 264 cm³/mol. The normalized spacial score (nSPS) is 21.5. The lowest BCUT2D eigenvalue weighted by Gasteiger charge is -2.35. The number of aromatic nitrogens is 6. The second-order valence-corrected chi connectivity index (χ2v) is 19.7. The van der Waals surface area contributed by atoms with E-state index in [0.29, 0.717) is 38.0 Å². The van der Waals surface area contributed by atoms with Crippen LogP contribution in [0.25, 0.3) is 44.6 Å². The number of carbonyl (C=O) groups is 3. The Hall–Kier alpha value is -6.75. The number of ether oxygens (including phenoxy) is 2. The van der Waals surface area contributed by atoms with E-state index in [1.807, 2.05) is 42.9 Å². The first-order valence-corrected chi connectivity index (χ1v) is 24.9. The molecule has 17 heteroatoms. The molecule has 12 rings (SSSR count). The third-order valence-electron chi connectivity index (χ3n) is 14.8. The maximum Gasteiger partial charge on any atom is 0.220 e. The third-order valence-corrected chi connectivity index (χ3v) is 14.8. The number of fused-ring (bicyclic) bond motifs is 2. The molecule has 6 fully saturated rings. The summed E-state index contributed by atoms with van der Waals surface area (Å²) in [6, 6.07) is 17.7. The first kappa shape index (κ1) is 44.7. The Morgan fingerprint density at radius 2 is 1.09 bits per heavy atom. The number of hydrogen-bond acceptors (Lipinski definition) is 12. The molecule has 360 valence electrons. The van der Waals surface area contributed by atoms with Gasteiger partial charge in [-0.2, -0.15) is 0 Å². The lowest BCUT2D eigenvalue weighted by atomic mass is 10.0. The van der Waals surface area contributed by atoms with Gasteiger partial charge in [0.05, 0.1) is 58.8 Å². The molecule has 17 nitrogen and oxygen atoms in total. The van der Waals surface area contributed by atoms with Crippen LogP contribution < -0.4 is 35.2 Å². The molecule has 3 amide bonds. The number of piperazine rings is 2. The Labute approximate surface area is 402 Å². The quantitative estimate of drug-likeness (QED) is 0.136. The summed E-state index contributed by atoms with van der Waals surface area (Å²) in [6.07, 6.45) is 13.2. The third kappa shape index (κ3) is 9.65. The largest absolute Gasteiger partial charge is 0.488 e. The van der Waals surface area contributed by atoms with Gasteiger partial charge >= 0.3 is 0 Å². The summed E-state index contributed by atoms with van der Waals surface area (Å²) in [6.45, 7) is 14.1. The van der Waals surface area contributed by atoms with Crippen LogP contribution in [0.3, 0.4) is 0 Å². The van der Waals surface area contributed by atoms with E-state index in [1.165, 1.54) is 12.8 Å². The van der Waals surface area contributed by atoms with Crippen molar-refractivity contribution in [3.63, 3.8) is 0 Å². The van der Waals surface area contributed by atoms with Gasteiger partial charge in [0.25, 0.3) is 0 Å². The molecular weight excluding hydrogens is 873 g/mol. The number of benzene rings is 2. The monoisotopic (exact) mass is 934 g/mol. The van der Waals surface area contributed by atoms with Gasteiger partial charge in [-0.3, -0.25) is 24.4 Å². The van der Waals surface area contributed by atoms with Crippen molar-refractivity contribution in [2.24, 2.45) is 11.8 Å². The average molecular weight is 935 g/mol. The lowest BCUT2D eigenvalue weighted by Crippen LogP contribution is -2.48. The summed E-state index contributed by atoms with van der Waals surface area (Å²) in [5.41, 5.74) is 9.83. The lowest BCUT2D eigenvalue weighted by molar-refractivity contribution is -0.129. The highest BCUT2D eigenvalue weighted by atomic mass is 16.5. The zero-order valence-electron chi connectivity index (χ0n) is 39.8. The second-order valence-electron chi connectivity index (χ2n) is 19.7. The molecule has 3 N–H and O–H groups in total. The van der Waals surface area contributed by atoms with Crippen molar-refractivity contribution in [3.05, 3.63) is 73.6 Å². The van der Waals surface area contributed by atoms with Crippen LogP contribution in [-0.2, 0) is 14.4 Å². The van der Waals surface area contributed by atoms with Crippen molar-refractivity contribution in [2.75, 3.05) is 75.2 Å². The van der Waals surface area contributed by atoms with Crippen molar-refractivity contribution in [3.8, 4) is 34.0 Å². The smallest absolute Gasteiger partial charge is 0.220 e. The highest BCUT2D eigenvalue weighted by Crippen LogP contribution is 2.43. The van der Waals surface area contributed by atoms with Gasteiger partial charge in [-0.15, -0.1) is 0 Å². The fourth-order valence-corrected chi connectivity index (χ4v) is 10.2. The SMILES string of the molecule is CC(=O)N1CCN(c2ccc(-c3cc(O[C@H](C)[C@H]4CNC(=O)C4)c4c(c3)ncn4C3CC3)nc2)CC1.C[C@@H](Oc1cc(-c2ccc(N3CCNCC3)cn2)cc2ncn(C3CC3)c12)[C@H]1CNC(=O)C1. The minimum Gasteiger partial charge on any atom is -0.488 e. The summed E-state index contributed by atoms with van der Waals surface area (Å²) in [5, 5.41) is 9.23. The Morgan fingerprint density at radius 3 is 1.48 bits per heavy atom. The van der Waals surface area contributed by atoms with Crippen LogP contribution in [0.15, 0.2) is 73.6 Å². The zero-order valence-corrected chi connectivity index (χ0v) is 39.8. The van der Waals surface area contributed by atoms with Gasteiger partial charge in [0, 0.05) is 120 Å². The van der Waals surface area contributed by atoms with Gasteiger partial charge in [0.1, 0.15) is 34.7 Å². The zero-order chi connectivity index (χ0) is 47.2. The molecule has 4 saturated heterocycles. The van der Waals surface area contributed by atoms with E-state index in [4.69, 9.17) is 29.4 Å². The topological polar surface area (TPSA) is 177 Å². The molecule has 4 aliphatic heterocycles. The molecule has 69 heavy (non-hydrogen) atoms. The van der Waals surface area contributed by atoms with E-state index in [-0.39, 0.29) is 41.8 Å². The first-order chi connectivity index (χ1) is 33.6. The summed E-state index contributed by atoms with van der Waals surface area (Å²) >= 11 is 0. The van der Waals surface area contributed by atoms with Gasteiger partial charge in [-0.1, -0.05) is 0 Å². The maximum atomic E-state index is 11.8. The van der Waals surface area contributed by atoms with Crippen LogP contribution in [0.1, 0.15) is 71.4 Å². The van der Waals surface area contributed by atoms with Gasteiger partial charge in [0.2, 0.25) is 17.7 Å². The van der Waals surface area contributed by atoms with Crippen LogP contribution in [0.5, 0.6) is 11.5 Å². The molecule has 6 aromatic rings. The number of amides is 3. The van der Waals surface area contributed by atoms with Crippen LogP contribution in [0.4, 0.5) is 11.4 Å². The number of imidazole rings is 2. The number of pyridine rings is 2. The molecule has 4 aromatic heterocycles. The molecule has 2 aromatic carbocycles. The molecule has 6 aliphatic rings. The van der Waals surface area contributed by atoms with Crippen LogP contribution in [0, 0.1) is 11.8 Å². The van der Waals surface area contributed by atoms with Gasteiger partial charge in [-0.25, -0.2) is 9.97 Å². The van der Waals surface area contributed by atoms with E-state index in [9.17, 15) is 14.4 Å². The highest BCUT2D eigenvalue weighted by molar-refractivity contribution is 5.89. The van der Waals surface area contributed by atoms with Crippen LogP contribution in [0.2, 0.25) is 0 Å². The number of rotatable bonds is 12. The molecule has 2 aliphatic carbocycles. The number of hydrogen-bond donors (Lipinski definition) is 3. The van der Waals surface area contributed by atoms with Crippen molar-refractivity contribution >= 4 is 51.2 Å². The number of nitrogens with one attached hydrogen (secondary N) is 3. The predicted octanol–water partition coefficient (Wildman–Crippen LogP) is 5.75. The second kappa shape index (κ2) is 19.0. The van der Waals surface area contributed by atoms with Crippen LogP contribution >= 0.6 is 0 Å². The summed E-state index contributed by atoms with van der Waals surface area (Å²) < 4.78 is 17.5. The minimum absolute atomic E-state index is 0.0759. The molecular formula is C52H62N12O5. The van der Waals surface area contributed by atoms with E-state index >= 15 is 0 Å². The Kier molecular flexibility index (Phi) is 12.3. The van der Waals surface area contributed by atoms with Gasteiger partial charge in [-0.05, 0) is 88.1 Å². The number of anilines is 2. The summed E-state index contributed by atoms with van der Waals surface area (Å²) in [7, 11) is 0. The van der Waals surface area contributed by atoms with E-state index in [1.54, 1.807) is 6.92 Å². The summed E-state index contributed by atoms with van der Waals surface area (Å²) in [4.78, 5) is 60.6. The number of nitrogens with zero attached hydrogens (tertiary/aromatic N) is 9. The molecule has 0 bridgehead atoms. The molecule has 0 radical (unpaired) electrons. The van der Waals surface area contributed by atoms with Crippen molar-refractivity contribution in [1.82, 2.24) is 49.9 Å². The van der Waals surface area contributed by atoms with Gasteiger partial charge in [0.15, 0.2) is 0 Å². The average Bonchev–Trinajstić information content (AvgIpc) is 4.20. The van der Waals surface area contributed by atoms with Crippen molar-refractivity contribution in [1.29, 1.82) is 0 Å². The number of carbonyl (C=O) groups excluding carboxylic acids is 3. The van der Waals surface area contributed by atoms with E-state index < -0.39 is 0 Å². The van der Waals surface area contributed by atoms with Crippen LogP contribution in [-0.4, -0.2) is 129 Å². The molecule has 0 unspecified atom stereocenters. The standard InChI is InChI=1S/C27H32N6O3.C25H30N6O2/c1-17(20-13-26(35)29-14-20)36-25-12-19(11-24-27(25)33(16-30-24)21-3-4-21)23-6-5-22(15-28-23)32-9-7-31(8-10-32)18(2)34;1-16(18-12-24(32)28-13-18)33-23-11-17(10-22-25(23)31(15-29-22)19-2-3-19)21-5-4-20(14-27-21)30-8-6-26-7-9-30/h5-6,11-12,15-17,20-21H,3-4,7-10,13-14H2,1-2H3,(H,29,35);4-5,10-11,14-16,18-19,26H,2-3,6-9,12-13H2,1H3,(H,28,32)/t17-,20-;16-,18-/m11/s1. The maximum absolute atomic E-state index is 11.8. The van der Waals surface area contributed by atoms with E-state index in [0.717, 1.165) is 133 Å². The van der Waals surface area contributed by atoms with Crippen molar-refractivity contribution in [2.45, 2.75) is 83.6 Å². The molecule has 0 spiro atoms. The Morgan fingerprint density at radius 1 is 0.623 bits per heavy atom. The molecule has 2 saturated carbocycles. The first-order valence-electron chi connectivity index (χ1n) is 24.9. The van der Waals surface area contributed by atoms with Crippen molar-refractivity contribution < 1.29 is 23.9 Å². The fourth-order valence-electron chi connectivity index (χ4n) is 10.2.